The van der Waals surface area contributed by atoms with Gasteiger partial charge in [-0.25, -0.2) is 9.18 Å². The molecule has 2 amide bonds. The quantitative estimate of drug-likeness (QED) is 0.825. The summed E-state index contributed by atoms with van der Waals surface area (Å²) in [6.07, 6.45) is -1.10. The monoisotopic (exact) mass is 374 g/mol. The van der Waals surface area contributed by atoms with Gasteiger partial charge in [0, 0.05) is 24.1 Å². The van der Waals surface area contributed by atoms with Gasteiger partial charge in [-0.2, -0.15) is 0 Å². The minimum Gasteiger partial charge on any atom is -0.465 e. The maximum absolute atomic E-state index is 14.3. The fourth-order valence-corrected chi connectivity index (χ4v) is 2.74. The number of benzene rings is 1. The number of amides is 2. The molecule has 120 valence electrons. The van der Waals surface area contributed by atoms with Crippen LogP contribution in [-0.4, -0.2) is 64.3 Å². The average molecular weight is 375 g/mol. The lowest BCUT2D eigenvalue weighted by Crippen LogP contribution is -2.57. The van der Waals surface area contributed by atoms with Gasteiger partial charge in [-0.15, -0.1) is 0 Å². The first-order valence-electron chi connectivity index (χ1n) is 6.71. The third-order valence-corrected chi connectivity index (χ3v) is 4.63. The van der Waals surface area contributed by atoms with Crippen LogP contribution < -0.4 is 0 Å². The number of carboxylic acid groups (broad SMARTS) is 1. The molecule has 0 saturated carbocycles. The number of carbonyl (C=O) groups excluding carboxylic acids is 1. The van der Waals surface area contributed by atoms with E-state index in [0.29, 0.717) is 10.0 Å². The van der Waals surface area contributed by atoms with Gasteiger partial charge in [0.2, 0.25) is 0 Å². The highest BCUT2D eigenvalue weighted by Gasteiger charge is 2.33. The summed E-state index contributed by atoms with van der Waals surface area (Å²) in [5.41, 5.74) is 0.249. The summed E-state index contributed by atoms with van der Waals surface area (Å²) in [4.78, 5) is 26.0. The molecule has 1 fully saturated rings. The summed E-state index contributed by atoms with van der Waals surface area (Å²) >= 11 is 3.20. The molecule has 1 aromatic rings. The normalized spacial score (nSPS) is 18.5. The van der Waals surface area contributed by atoms with E-state index >= 15 is 0 Å². The first kappa shape index (κ1) is 16.7. The maximum atomic E-state index is 14.3. The maximum Gasteiger partial charge on any atom is 0.407 e. The number of aliphatic hydroxyl groups excluding tert-OH is 1. The molecular formula is C14H16BrFN2O4. The van der Waals surface area contributed by atoms with Crippen LogP contribution in [0, 0.1) is 12.7 Å². The van der Waals surface area contributed by atoms with Gasteiger partial charge in [0.1, 0.15) is 5.82 Å². The Balaban J connectivity index is 2.26. The molecule has 2 N–H and O–H groups in total. The lowest BCUT2D eigenvalue weighted by atomic mass is 10.1. The Morgan fingerprint density at radius 2 is 2.09 bits per heavy atom. The zero-order valence-electron chi connectivity index (χ0n) is 11.9. The zero-order valence-corrected chi connectivity index (χ0v) is 13.5. The van der Waals surface area contributed by atoms with Gasteiger partial charge in [-0.1, -0.05) is 15.9 Å². The van der Waals surface area contributed by atoms with Gasteiger partial charge in [0.25, 0.3) is 5.91 Å². The number of hydrogen-bond acceptors (Lipinski definition) is 3. The third-order valence-electron chi connectivity index (χ3n) is 3.78. The number of aliphatic hydroxyl groups is 1. The van der Waals surface area contributed by atoms with Crippen LogP contribution in [0.4, 0.5) is 9.18 Å². The van der Waals surface area contributed by atoms with Crippen molar-refractivity contribution in [1.29, 1.82) is 0 Å². The second-order valence-corrected chi connectivity index (χ2v) is 5.95. The largest absolute Gasteiger partial charge is 0.465 e. The molecule has 0 unspecified atom stereocenters. The molecule has 0 radical (unpaired) electrons. The molecular weight excluding hydrogens is 359 g/mol. The summed E-state index contributed by atoms with van der Waals surface area (Å²) in [6.45, 7) is 1.43. The van der Waals surface area contributed by atoms with Crippen molar-refractivity contribution in [3.8, 4) is 0 Å². The standard InChI is InChI=1S/C14H16BrFN2O4/c1-8-11(15)3-2-10(12(8)16)13(20)18-5-4-17(14(21)22)6-9(18)7-19/h2-3,9,19H,4-7H2,1H3,(H,21,22)/t9-/m1/s1. The predicted octanol–water partition coefficient (Wildman–Crippen LogP) is 1.69. The van der Waals surface area contributed by atoms with Crippen LogP contribution in [0.2, 0.25) is 0 Å². The van der Waals surface area contributed by atoms with Crippen LogP contribution >= 0.6 is 15.9 Å². The van der Waals surface area contributed by atoms with Crippen molar-refractivity contribution in [2.24, 2.45) is 0 Å². The van der Waals surface area contributed by atoms with E-state index in [-0.39, 0.29) is 31.8 Å². The van der Waals surface area contributed by atoms with Gasteiger partial charge in [-0.05, 0) is 24.6 Å². The Morgan fingerprint density at radius 1 is 1.41 bits per heavy atom. The Morgan fingerprint density at radius 3 is 2.68 bits per heavy atom. The first-order chi connectivity index (χ1) is 10.4. The van der Waals surface area contributed by atoms with Crippen LogP contribution in [0.15, 0.2) is 16.6 Å². The van der Waals surface area contributed by atoms with Crippen molar-refractivity contribution in [3.05, 3.63) is 33.5 Å². The van der Waals surface area contributed by atoms with E-state index in [2.05, 4.69) is 15.9 Å². The van der Waals surface area contributed by atoms with Crippen molar-refractivity contribution in [2.45, 2.75) is 13.0 Å². The topological polar surface area (TPSA) is 81.1 Å². The molecule has 6 nitrogen and oxygen atoms in total. The number of hydrogen-bond donors (Lipinski definition) is 2. The molecule has 1 aliphatic rings. The molecule has 0 aliphatic carbocycles. The Labute approximate surface area is 135 Å². The Bertz CT molecular complexity index is 611. The van der Waals surface area contributed by atoms with Gasteiger partial charge in [-0.3, -0.25) is 4.79 Å². The minimum atomic E-state index is -1.10. The van der Waals surface area contributed by atoms with E-state index < -0.39 is 23.9 Å². The van der Waals surface area contributed by atoms with Crippen LogP contribution in [-0.2, 0) is 0 Å². The SMILES string of the molecule is Cc1c(Br)ccc(C(=O)N2CCN(C(=O)O)C[C@@H]2CO)c1F. The summed E-state index contributed by atoms with van der Waals surface area (Å²) < 4.78 is 14.8. The van der Waals surface area contributed by atoms with E-state index in [9.17, 15) is 19.1 Å². The fraction of sp³-hybridized carbons (Fsp3) is 0.429. The molecule has 1 aromatic carbocycles. The lowest BCUT2D eigenvalue weighted by molar-refractivity contribution is 0.0306. The number of carbonyl (C=O) groups is 2. The Hall–Kier alpha value is -1.67. The predicted molar refractivity (Wildman–Crippen MR) is 80.3 cm³/mol. The summed E-state index contributed by atoms with van der Waals surface area (Å²) in [5, 5.41) is 18.4. The van der Waals surface area contributed by atoms with Gasteiger partial charge >= 0.3 is 6.09 Å². The summed E-state index contributed by atoms with van der Waals surface area (Å²) in [6, 6.07) is 2.29. The molecule has 1 saturated heterocycles. The van der Waals surface area contributed by atoms with Crippen LogP contribution in [0.25, 0.3) is 0 Å². The van der Waals surface area contributed by atoms with Crippen molar-refractivity contribution in [1.82, 2.24) is 9.80 Å². The van der Waals surface area contributed by atoms with Crippen LogP contribution in [0.1, 0.15) is 15.9 Å². The highest BCUT2D eigenvalue weighted by molar-refractivity contribution is 9.10. The zero-order chi connectivity index (χ0) is 16.4. The number of nitrogens with zero attached hydrogens (tertiary/aromatic N) is 2. The van der Waals surface area contributed by atoms with E-state index in [1.54, 1.807) is 13.0 Å². The first-order valence-corrected chi connectivity index (χ1v) is 7.50. The van der Waals surface area contributed by atoms with Crippen molar-refractivity contribution < 1.29 is 24.2 Å². The van der Waals surface area contributed by atoms with Gasteiger partial charge in [0.15, 0.2) is 0 Å². The van der Waals surface area contributed by atoms with Crippen molar-refractivity contribution >= 4 is 27.9 Å². The van der Waals surface area contributed by atoms with E-state index in [0.717, 1.165) is 4.90 Å². The number of rotatable bonds is 2. The molecule has 2 rings (SSSR count). The highest BCUT2D eigenvalue weighted by atomic mass is 79.9. The second kappa shape index (κ2) is 6.62. The lowest BCUT2D eigenvalue weighted by Gasteiger charge is -2.39. The smallest absolute Gasteiger partial charge is 0.407 e. The molecule has 1 heterocycles. The molecule has 0 aromatic heterocycles. The minimum absolute atomic E-state index is 0.00863. The summed E-state index contributed by atoms with van der Waals surface area (Å²) in [7, 11) is 0. The highest BCUT2D eigenvalue weighted by Crippen LogP contribution is 2.24. The molecule has 0 spiro atoms. The molecule has 1 atom stereocenters. The third kappa shape index (κ3) is 3.07. The van der Waals surface area contributed by atoms with E-state index in [1.807, 2.05) is 0 Å². The average Bonchev–Trinajstić information content (AvgIpc) is 2.51. The van der Waals surface area contributed by atoms with Crippen LogP contribution in [0.3, 0.4) is 0 Å². The molecule has 22 heavy (non-hydrogen) atoms. The van der Waals surface area contributed by atoms with Crippen LogP contribution in [0.5, 0.6) is 0 Å². The van der Waals surface area contributed by atoms with Crippen molar-refractivity contribution in [2.75, 3.05) is 26.2 Å². The van der Waals surface area contributed by atoms with Gasteiger partial charge < -0.3 is 20.0 Å². The molecule has 0 bridgehead atoms. The van der Waals surface area contributed by atoms with E-state index in [1.165, 1.54) is 11.0 Å². The van der Waals surface area contributed by atoms with Crippen molar-refractivity contribution in [3.63, 3.8) is 0 Å². The number of halogens is 2. The second-order valence-electron chi connectivity index (χ2n) is 5.10. The summed E-state index contributed by atoms with van der Waals surface area (Å²) in [5.74, 6) is -1.16. The van der Waals surface area contributed by atoms with Gasteiger partial charge in [0.05, 0.1) is 18.2 Å². The molecule has 8 heteroatoms. The Kier molecular flexibility index (Phi) is 5.02. The van der Waals surface area contributed by atoms with E-state index in [4.69, 9.17) is 5.11 Å². The number of piperazine rings is 1. The fourth-order valence-electron chi connectivity index (χ4n) is 2.43. The molecule has 1 aliphatic heterocycles.